The Kier molecular flexibility index (Phi) is 4.60. The molecule has 0 spiro atoms. The van der Waals surface area contributed by atoms with E-state index in [4.69, 9.17) is 0 Å². The molecule has 1 aromatic rings. The molecule has 2 rings (SSSR count). The van der Waals surface area contributed by atoms with E-state index in [1.54, 1.807) is 17.8 Å². The molecule has 1 saturated heterocycles. The summed E-state index contributed by atoms with van der Waals surface area (Å²) in [6.45, 7) is 2.72. The fourth-order valence-corrected chi connectivity index (χ4v) is 2.84. The summed E-state index contributed by atoms with van der Waals surface area (Å²) in [4.78, 5) is 12.0. The number of carbonyl (C=O) groups excluding carboxylic acids is 1. The first-order valence-corrected chi connectivity index (χ1v) is 7.19. The van der Waals surface area contributed by atoms with Crippen molar-refractivity contribution in [2.24, 2.45) is 0 Å². The van der Waals surface area contributed by atoms with E-state index in [2.05, 4.69) is 10.6 Å². The predicted molar refractivity (Wildman–Crippen MR) is 72.1 cm³/mol. The highest BCUT2D eigenvalue weighted by Crippen LogP contribution is 2.14. The molecule has 0 aromatic heterocycles. The number of benzene rings is 1. The Labute approximate surface area is 111 Å². The van der Waals surface area contributed by atoms with Crippen LogP contribution in [0, 0.1) is 5.82 Å². The van der Waals surface area contributed by atoms with Crippen molar-refractivity contribution in [1.29, 1.82) is 0 Å². The van der Waals surface area contributed by atoms with Gasteiger partial charge in [-0.05, 0) is 24.6 Å². The molecule has 98 valence electrons. The number of halogens is 1. The summed E-state index contributed by atoms with van der Waals surface area (Å²) in [5, 5.41) is 6.09. The highest BCUT2D eigenvalue weighted by Gasteiger charge is 2.22. The van der Waals surface area contributed by atoms with Gasteiger partial charge in [-0.15, -0.1) is 0 Å². The van der Waals surface area contributed by atoms with Crippen molar-refractivity contribution < 1.29 is 9.18 Å². The largest absolute Gasteiger partial charge is 0.348 e. The van der Waals surface area contributed by atoms with Gasteiger partial charge < -0.3 is 10.6 Å². The van der Waals surface area contributed by atoms with Crippen LogP contribution in [0.15, 0.2) is 24.3 Å². The van der Waals surface area contributed by atoms with Crippen molar-refractivity contribution in [2.45, 2.75) is 19.0 Å². The summed E-state index contributed by atoms with van der Waals surface area (Å²) < 4.78 is 13.1. The van der Waals surface area contributed by atoms with Crippen LogP contribution in [-0.4, -0.2) is 30.0 Å². The maximum atomic E-state index is 13.1. The van der Waals surface area contributed by atoms with Gasteiger partial charge in [0.25, 0.3) is 0 Å². The topological polar surface area (TPSA) is 41.1 Å². The van der Waals surface area contributed by atoms with Crippen molar-refractivity contribution in [3.05, 3.63) is 35.6 Å². The lowest BCUT2D eigenvalue weighted by Gasteiger charge is -2.24. The van der Waals surface area contributed by atoms with Crippen molar-refractivity contribution in [1.82, 2.24) is 10.6 Å². The Balaban J connectivity index is 1.94. The standard InChI is InChI=1S/C13H17FN2OS/c1-9(10-3-2-4-11(14)7-10)16-13(17)12-8-18-6-5-15-12/h2-4,7,9,12,15H,5-6,8H2,1H3,(H,16,17). The summed E-state index contributed by atoms with van der Waals surface area (Å²) in [6.07, 6.45) is 0. The van der Waals surface area contributed by atoms with Crippen LogP contribution < -0.4 is 10.6 Å². The number of hydrogen-bond donors (Lipinski definition) is 2. The van der Waals surface area contributed by atoms with Crippen LogP contribution in [0.2, 0.25) is 0 Å². The van der Waals surface area contributed by atoms with Crippen molar-refractivity contribution in [3.63, 3.8) is 0 Å². The Morgan fingerprint density at radius 1 is 1.61 bits per heavy atom. The highest BCUT2D eigenvalue weighted by atomic mass is 32.2. The molecule has 1 aliphatic rings. The summed E-state index contributed by atoms with van der Waals surface area (Å²) >= 11 is 1.77. The lowest BCUT2D eigenvalue weighted by atomic mass is 10.1. The maximum absolute atomic E-state index is 13.1. The number of nitrogens with one attached hydrogen (secondary N) is 2. The van der Waals surface area contributed by atoms with E-state index in [0.717, 1.165) is 23.6 Å². The summed E-state index contributed by atoms with van der Waals surface area (Å²) in [5.74, 6) is 1.55. The van der Waals surface area contributed by atoms with Crippen molar-refractivity contribution >= 4 is 17.7 Å². The third-order valence-electron chi connectivity index (χ3n) is 2.95. The average molecular weight is 268 g/mol. The quantitative estimate of drug-likeness (QED) is 0.877. The highest BCUT2D eigenvalue weighted by molar-refractivity contribution is 7.99. The lowest BCUT2D eigenvalue weighted by molar-refractivity contribution is -0.123. The van der Waals surface area contributed by atoms with Crippen molar-refractivity contribution in [3.8, 4) is 0 Å². The molecule has 0 aliphatic carbocycles. The molecule has 0 bridgehead atoms. The first kappa shape index (κ1) is 13.4. The van der Waals surface area contributed by atoms with E-state index in [1.807, 2.05) is 13.0 Å². The van der Waals surface area contributed by atoms with Crippen LogP contribution in [-0.2, 0) is 4.79 Å². The maximum Gasteiger partial charge on any atom is 0.238 e. The minimum Gasteiger partial charge on any atom is -0.348 e. The van der Waals surface area contributed by atoms with E-state index < -0.39 is 0 Å². The molecule has 1 heterocycles. The van der Waals surface area contributed by atoms with Crippen LogP contribution in [0.5, 0.6) is 0 Å². The predicted octanol–water partition coefficient (Wildman–Crippen LogP) is 1.71. The monoisotopic (exact) mass is 268 g/mol. The zero-order valence-electron chi connectivity index (χ0n) is 10.3. The second-order valence-electron chi connectivity index (χ2n) is 4.37. The van der Waals surface area contributed by atoms with Crippen LogP contribution in [0.25, 0.3) is 0 Å². The van der Waals surface area contributed by atoms with E-state index in [9.17, 15) is 9.18 Å². The van der Waals surface area contributed by atoms with Gasteiger partial charge in [0.1, 0.15) is 5.82 Å². The van der Waals surface area contributed by atoms with Gasteiger partial charge in [-0.2, -0.15) is 11.8 Å². The minimum atomic E-state index is -0.278. The first-order chi connectivity index (χ1) is 8.66. The van der Waals surface area contributed by atoms with Gasteiger partial charge in [0, 0.05) is 18.1 Å². The first-order valence-electron chi connectivity index (χ1n) is 6.04. The lowest BCUT2D eigenvalue weighted by Crippen LogP contribution is -2.49. The van der Waals surface area contributed by atoms with Gasteiger partial charge in [0.05, 0.1) is 12.1 Å². The van der Waals surface area contributed by atoms with E-state index in [0.29, 0.717) is 0 Å². The van der Waals surface area contributed by atoms with Gasteiger partial charge >= 0.3 is 0 Å². The number of thioether (sulfide) groups is 1. The molecule has 2 N–H and O–H groups in total. The van der Waals surface area contributed by atoms with E-state index in [-0.39, 0.29) is 23.8 Å². The normalized spacial score (nSPS) is 21.3. The Morgan fingerprint density at radius 2 is 2.44 bits per heavy atom. The molecular formula is C13H17FN2OS. The molecule has 5 heteroatoms. The summed E-state index contributed by atoms with van der Waals surface area (Å²) in [7, 11) is 0. The van der Waals surface area contributed by atoms with Crippen LogP contribution >= 0.6 is 11.8 Å². The molecule has 0 saturated carbocycles. The van der Waals surface area contributed by atoms with Crippen LogP contribution in [0.1, 0.15) is 18.5 Å². The third-order valence-corrected chi connectivity index (χ3v) is 4.01. The number of carbonyl (C=O) groups is 1. The van der Waals surface area contributed by atoms with Gasteiger partial charge in [-0.1, -0.05) is 12.1 Å². The van der Waals surface area contributed by atoms with Gasteiger partial charge in [0.15, 0.2) is 0 Å². The minimum absolute atomic E-state index is 0.0149. The molecule has 2 unspecified atom stereocenters. The molecule has 1 amide bonds. The van der Waals surface area contributed by atoms with E-state index in [1.165, 1.54) is 12.1 Å². The molecule has 1 aromatic carbocycles. The average Bonchev–Trinajstić information content (AvgIpc) is 2.39. The fourth-order valence-electron chi connectivity index (χ4n) is 1.91. The zero-order chi connectivity index (χ0) is 13.0. The fraction of sp³-hybridized carbons (Fsp3) is 0.462. The second kappa shape index (κ2) is 6.20. The molecule has 1 fully saturated rings. The Morgan fingerprint density at radius 3 is 3.11 bits per heavy atom. The summed E-state index contributed by atoms with van der Waals surface area (Å²) in [5.41, 5.74) is 0.784. The zero-order valence-corrected chi connectivity index (χ0v) is 11.1. The molecule has 0 radical (unpaired) electrons. The van der Waals surface area contributed by atoms with Gasteiger partial charge in [-0.25, -0.2) is 4.39 Å². The van der Waals surface area contributed by atoms with E-state index >= 15 is 0 Å². The molecule has 3 nitrogen and oxygen atoms in total. The summed E-state index contributed by atoms with van der Waals surface area (Å²) in [6, 6.07) is 6.01. The third kappa shape index (κ3) is 3.46. The molecule has 18 heavy (non-hydrogen) atoms. The van der Waals surface area contributed by atoms with Gasteiger partial charge in [-0.3, -0.25) is 4.79 Å². The smallest absolute Gasteiger partial charge is 0.238 e. The number of hydrogen-bond acceptors (Lipinski definition) is 3. The molecule has 1 aliphatic heterocycles. The SMILES string of the molecule is CC(NC(=O)C1CSCCN1)c1cccc(F)c1. The molecular weight excluding hydrogens is 251 g/mol. The molecule has 2 atom stereocenters. The number of rotatable bonds is 3. The van der Waals surface area contributed by atoms with Gasteiger partial charge in [0.2, 0.25) is 5.91 Å². The van der Waals surface area contributed by atoms with Crippen LogP contribution in [0.3, 0.4) is 0 Å². The van der Waals surface area contributed by atoms with Crippen molar-refractivity contribution in [2.75, 3.05) is 18.1 Å². The Bertz CT molecular complexity index is 421. The second-order valence-corrected chi connectivity index (χ2v) is 5.52. The van der Waals surface area contributed by atoms with Crippen LogP contribution in [0.4, 0.5) is 4.39 Å². The Hall–Kier alpha value is -1.07. The number of amides is 1.